The van der Waals surface area contributed by atoms with Gasteiger partial charge in [-0.1, -0.05) is 30.1 Å². The molecule has 0 unspecified atom stereocenters. The minimum absolute atomic E-state index is 0.149. The second-order valence-corrected chi connectivity index (χ2v) is 6.58. The van der Waals surface area contributed by atoms with E-state index in [4.69, 9.17) is 27.9 Å². The second-order valence-electron chi connectivity index (χ2n) is 5.71. The standard InChI is InChI=1S/C16H22Cl2N2O3/c1-10(16(22)23-5)9-20(4)15(21)14(19(2)3)11-6-12(17)8-13(18)7-11/h6-8,10,14H,9H2,1-5H3/t10-,14-/m1/s1. The van der Waals surface area contributed by atoms with Gasteiger partial charge in [0.1, 0.15) is 6.04 Å². The van der Waals surface area contributed by atoms with Crippen LogP contribution in [0.3, 0.4) is 0 Å². The van der Waals surface area contributed by atoms with E-state index in [0.29, 0.717) is 15.6 Å². The minimum Gasteiger partial charge on any atom is -0.469 e. The first-order chi connectivity index (χ1) is 10.7. The maximum absolute atomic E-state index is 12.8. The van der Waals surface area contributed by atoms with Crippen LogP contribution in [0, 0.1) is 5.92 Å². The quantitative estimate of drug-likeness (QED) is 0.731. The summed E-state index contributed by atoms with van der Waals surface area (Å²) in [4.78, 5) is 27.6. The lowest BCUT2D eigenvalue weighted by Gasteiger charge is -2.29. The lowest BCUT2D eigenvalue weighted by Crippen LogP contribution is -2.41. The van der Waals surface area contributed by atoms with Crippen LogP contribution in [0.2, 0.25) is 10.0 Å². The molecule has 0 aromatic heterocycles. The summed E-state index contributed by atoms with van der Waals surface area (Å²) >= 11 is 12.1. The van der Waals surface area contributed by atoms with Gasteiger partial charge in [0.05, 0.1) is 13.0 Å². The molecule has 7 heteroatoms. The lowest BCUT2D eigenvalue weighted by molar-refractivity contribution is -0.146. The van der Waals surface area contributed by atoms with E-state index in [1.807, 2.05) is 0 Å². The zero-order chi connectivity index (χ0) is 17.7. The van der Waals surface area contributed by atoms with Crippen LogP contribution in [0.1, 0.15) is 18.5 Å². The van der Waals surface area contributed by atoms with E-state index in [1.54, 1.807) is 51.2 Å². The molecule has 1 aromatic carbocycles. The number of benzene rings is 1. The molecule has 0 heterocycles. The fraction of sp³-hybridized carbons (Fsp3) is 0.500. The van der Waals surface area contributed by atoms with Crippen LogP contribution in [0.25, 0.3) is 0 Å². The van der Waals surface area contributed by atoms with Gasteiger partial charge in [-0.25, -0.2) is 0 Å². The zero-order valence-corrected chi connectivity index (χ0v) is 15.5. The highest BCUT2D eigenvalue weighted by molar-refractivity contribution is 6.34. The Bertz CT molecular complexity index is 558. The Morgan fingerprint density at radius 1 is 1.13 bits per heavy atom. The Hall–Kier alpha value is -1.30. The topological polar surface area (TPSA) is 49.9 Å². The lowest BCUT2D eigenvalue weighted by atomic mass is 10.0. The fourth-order valence-corrected chi connectivity index (χ4v) is 2.92. The van der Waals surface area contributed by atoms with Crippen molar-refractivity contribution in [3.63, 3.8) is 0 Å². The normalized spacial score (nSPS) is 13.6. The number of hydrogen-bond donors (Lipinski definition) is 0. The molecule has 5 nitrogen and oxygen atoms in total. The fourth-order valence-electron chi connectivity index (χ4n) is 2.38. The van der Waals surface area contributed by atoms with Crippen LogP contribution in [0.15, 0.2) is 18.2 Å². The molecule has 0 aliphatic heterocycles. The van der Waals surface area contributed by atoms with Crippen molar-refractivity contribution >= 4 is 35.1 Å². The van der Waals surface area contributed by atoms with Crippen molar-refractivity contribution in [3.05, 3.63) is 33.8 Å². The first-order valence-electron chi connectivity index (χ1n) is 7.12. The Morgan fingerprint density at radius 3 is 2.09 bits per heavy atom. The van der Waals surface area contributed by atoms with Crippen molar-refractivity contribution in [2.24, 2.45) is 5.92 Å². The molecule has 0 N–H and O–H groups in total. The number of methoxy groups -OCH3 is 1. The number of hydrogen-bond acceptors (Lipinski definition) is 4. The summed E-state index contributed by atoms with van der Waals surface area (Å²) in [6.45, 7) is 1.99. The maximum Gasteiger partial charge on any atom is 0.310 e. The molecule has 1 amide bonds. The van der Waals surface area contributed by atoms with Crippen LogP contribution >= 0.6 is 23.2 Å². The summed E-state index contributed by atoms with van der Waals surface area (Å²) < 4.78 is 4.69. The van der Waals surface area contributed by atoms with Crippen molar-refractivity contribution in [1.82, 2.24) is 9.80 Å². The number of ether oxygens (including phenoxy) is 1. The molecule has 0 radical (unpaired) electrons. The van der Waals surface area contributed by atoms with E-state index in [-0.39, 0.29) is 18.4 Å². The average molecular weight is 361 g/mol. The van der Waals surface area contributed by atoms with Crippen molar-refractivity contribution in [3.8, 4) is 0 Å². The highest BCUT2D eigenvalue weighted by atomic mass is 35.5. The number of nitrogens with zero attached hydrogens (tertiary/aromatic N) is 2. The predicted molar refractivity (Wildman–Crippen MR) is 91.7 cm³/mol. The molecule has 0 bridgehead atoms. The van der Waals surface area contributed by atoms with Gasteiger partial charge in [0, 0.05) is 23.6 Å². The molecule has 0 saturated carbocycles. The minimum atomic E-state index is -0.541. The molecule has 23 heavy (non-hydrogen) atoms. The summed E-state index contributed by atoms with van der Waals surface area (Å²) in [5.41, 5.74) is 0.704. The number of carbonyl (C=O) groups is 2. The first kappa shape index (κ1) is 19.7. The molecule has 0 aliphatic carbocycles. The number of rotatable bonds is 6. The van der Waals surface area contributed by atoms with Gasteiger partial charge in [0.15, 0.2) is 0 Å². The van der Waals surface area contributed by atoms with Gasteiger partial charge in [-0.05, 0) is 37.9 Å². The second kappa shape index (κ2) is 8.52. The van der Waals surface area contributed by atoms with Crippen molar-refractivity contribution in [1.29, 1.82) is 0 Å². The Morgan fingerprint density at radius 2 is 1.65 bits per heavy atom. The molecule has 0 saturated heterocycles. The largest absolute Gasteiger partial charge is 0.469 e. The number of carbonyl (C=O) groups excluding carboxylic acids is 2. The van der Waals surface area contributed by atoms with Gasteiger partial charge in [-0.15, -0.1) is 0 Å². The summed E-state index contributed by atoms with van der Waals surface area (Å²) in [6.07, 6.45) is 0. The monoisotopic (exact) mass is 360 g/mol. The molecular formula is C16H22Cl2N2O3. The SMILES string of the molecule is COC(=O)[C@H](C)CN(C)C(=O)[C@@H](c1cc(Cl)cc(Cl)c1)N(C)C. The highest BCUT2D eigenvalue weighted by Crippen LogP contribution is 2.27. The van der Waals surface area contributed by atoms with Crippen LogP contribution in [-0.2, 0) is 14.3 Å². The molecule has 0 spiro atoms. The van der Waals surface area contributed by atoms with Crippen molar-refractivity contribution in [2.75, 3.05) is 34.8 Å². The van der Waals surface area contributed by atoms with Crippen LogP contribution in [-0.4, -0.2) is 56.5 Å². The van der Waals surface area contributed by atoms with E-state index >= 15 is 0 Å². The van der Waals surface area contributed by atoms with Gasteiger partial charge in [-0.3, -0.25) is 14.5 Å². The maximum atomic E-state index is 12.8. The third-order valence-electron chi connectivity index (χ3n) is 3.48. The van der Waals surface area contributed by atoms with Gasteiger partial charge in [0.2, 0.25) is 5.91 Å². The number of esters is 1. The van der Waals surface area contributed by atoms with Gasteiger partial charge >= 0.3 is 5.97 Å². The molecule has 128 valence electrons. The summed E-state index contributed by atoms with van der Waals surface area (Å²) in [7, 11) is 6.59. The number of amides is 1. The molecule has 0 aliphatic rings. The molecule has 0 fully saturated rings. The highest BCUT2D eigenvalue weighted by Gasteiger charge is 2.28. The zero-order valence-electron chi connectivity index (χ0n) is 14.0. The average Bonchev–Trinajstić information content (AvgIpc) is 2.44. The van der Waals surface area contributed by atoms with Crippen LogP contribution < -0.4 is 0 Å². The summed E-state index contributed by atoms with van der Waals surface area (Å²) in [6, 6.07) is 4.51. The molecular weight excluding hydrogens is 339 g/mol. The predicted octanol–water partition coefficient (Wildman–Crippen LogP) is 2.86. The number of halogens is 2. The smallest absolute Gasteiger partial charge is 0.310 e. The van der Waals surface area contributed by atoms with Crippen molar-refractivity contribution < 1.29 is 14.3 Å². The van der Waals surface area contributed by atoms with E-state index in [1.165, 1.54) is 12.0 Å². The third kappa shape index (κ3) is 5.37. The van der Waals surface area contributed by atoms with E-state index in [9.17, 15) is 9.59 Å². The Kier molecular flexibility index (Phi) is 7.32. The number of likely N-dealkylation sites (N-methyl/N-ethyl adjacent to an activating group) is 2. The Balaban J connectivity index is 3.01. The first-order valence-corrected chi connectivity index (χ1v) is 7.88. The van der Waals surface area contributed by atoms with Gasteiger partial charge < -0.3 is 9.64 Å². The van der Waals surface area contributed by atoms with Gasteiger partial charge in [-0.2, -0.15) is 0 Å². The third-order valence-corrected chi connectivity index (χ3v) is 3.91. The van der Waals surface area contributed by atoms with Crippen LogP contribution in [0.4, 0.5) is 0 Å². The van der Waals surface area contributed by atoms with E-state index in [2.05, 4.69) is 0 Å². The summed E-state index contributed by atoms with van der Waals surface area (Å²) in [5, 5.41) is 0.940. The molecule has 2 atom stereocenters. The Labute approximate surface area is 147 Å². The van der Waals surface area contributed by atoms with E-state index in [0.717, 1.165) is 0 Å². The van der Waals surface area contributed by atoms with Crippen LogP contribution in [0.5, 0.6) is 0 Å². The van der Waals surface area contributed by atoms with E-state index < -0.39 is 12.0 Å². The summed E-state index contributed by atoms with van der Waals surface area (Å²) in [5.74, 6) is -0.902. The van der Waals surface area contributed by atoms with Gasteiger partial charge in [0.25, 0.3) is 0 Å². The van der Waals surface area contributed by atoms with Crippen molar-refractivity contribution in [2.45, 2.75) is 13.0 Å². The molecule has 1 aromatic rings. The molecule has 1 rings (SSSR count).